The zero-order chi connectivity index (χ0) is 6.81. The van der Waals surface area contributed by atoms with Crippen LogP contribution in [0.2, 0.25) is 0 Å². The lowest BCUT2D eigenvalue weighted by Gasteiger charge is -2.13. The van der Waals surface area contributed by atoms with Gasteiger partial charge in [0.05, 0.1) is 6.61 Å². The van der Waals surface area contributed by atoms with E-state index in [0.29, 0.717) is 0 Å². The largest absolute Gasteiger partial charge is 0.381 e. The highest BCUT2D eigenvalue weighted by Gasteiger charge is 2.28. The van der Waals surface area contributed by atoms with Crippen LogP contribution in [-0.2, 0) is 4.74 Å². The topological polar surface area (TPSA) is 9.23 Å². The van der Waals surface area contributed by atoms with Gasteiger partial charge in [-0.05, 0) is 31.1 Å². The molecule has 10 heavy (non-hydrogen) atoms. The highest BCUT2D eigenvalue weighted by molar-refractivity contribution is 5.01. The van der Waals surface area contributed by atoms with E-state index >= 15 is 0 Å². The number of rotatable bonds is 1. The highest BCUT2D eigenvalue weighted by atomic mass is 16.5. The molecule has 1 nitrogen and oxygen atoms in total. The molecule has 1 unspecified atom stereocenters. The van der Waals surface area contributed by atoms with Crippen molar-refractivity contribution in [3.63, 3.8) is 0 Å². The van der Waals surface area contributed by atoms with E-state index in [4.69, 9.17) is 4.74 Å². The van der Waals surface area contributed by atoms with Gasteiger partial charge in [-0.25, -0.2) is 0 Å². The van der Waals surface area contributed by atoms with Gasteiger partial charge in [-0.15, -0.1) is 0 Å². The van der Waals surface area contributed by atoms with Crippen molar-refractivity contribution in [3.8, 4) is 0 Å². The normalized spacial score (nSPS) is 35.4. The molecule has 1 radical (unpaired) electrons. The number of hydrogen-bond acceptors (Lipinski definition) is 1. The van der Waals surface area contributed by atoms with Crippen molar-refractivity contribution in [3.05, 3.63) is 5.92 Å². The first-order valence-electron chi connectivity index (χ1n) is 4.39. The molecular formula is C9H15O. The zero-order valence-electron chi connectivity index (χ0n) is 6.44. The summed E-state index contributed by atoms with van der Waals surface area (Å²) >= 11 is 0. The molecule has 0 aromatic rings. The van der Waals surface area contributed by atoms with Crippen molar-refractivity contribution in [2.45, 2.75) is 32.1 Å². The quantitative estimate of drug-likeness (QED) is 0.541. The molecule has 0 N–H and O–H groups in total. The van der Waals surface area contributed by atoms with Crippen molar-refractivity contribution in [2.24, 2.45) is 5.92 Å². The lowest BCUT2D eigenvalue weighted by atomic mass is 9.90. The van der Waals surface area contributed by atoms with Crippen LogP contribution in [0.1, 0.15) is 32.1 Å². The molecule has 1 heterocycles. The van der Waals surface area contributed by atoms with Crippen LogP contribution in [-0.4, -0.2) is 13.2 Å². The Kier molecular flexibility index (Phi) is 1.94. The fraction of sp³-hybridized carbons (Fsp3) is 0.889. The van der Waals surface area contributed by atoms with Crippen LogP contribution in [0.25, 0.3) is 0 Å². The van der Waals surface area contributed by atoms with Crippen molar-refractivity contribution < 1.29 is 4.74 Å². The Labute approximate surface area is 62.8 Å². The molecule has 0 aromatic heterocycles. The predicted octanol–water partition coefficient (Wildman–Crippen LogP) is 2.17. The fourth-order valence-corrected chi connectivity index (χ4v) is 2.09. The van der Waals surface area contributed by atoms with E-state index in [1.165, 1.54) is 32.1 Å². The molecule has 1 saturated heterocycles. The Hall–Kier alpha value is -0.0400. The van der Waals surface area contributed by atoms with Gasteiger partial charge in [0.15, 0.2) is 0 Å². The molecule has 2 rings (SSSR count). The summed E-state index contributed by atoms with van der Waals surface area (Å²) in [4.78, 5) is 0. The zero-order valence-corrected chi connectivity index (χ0v) is 6.44. The second-order valence-corrected chi connectivity index (χ2v) is 3.43. The minimum Gasteiger partial charge on any atom is -0.381 e. The van der Waals surface area contributed by atoms with Gasteiger partial charge in [0.25, 0.3) is 0 Å². The van der Waals surface area contributed by atoms with Crippen LogP contribution < -0.4 is 0 Å². The minimum absolute atomic E-state index is 0.850. The van der Waals surface area contributed by atoms with Gasteiger partial charge >= 0.3 is 0 Å². The molecular weight excluding hydrogens is 124 g/mol. The first-order chi connectivity index (χ1) is 4.97. The van der Waals surface area contributed by atoms with Gasteiger partial charge in [0.2, 0.25) is 0 Å². The summed E-state index contributed by atoms with van der Waals surface area (Å²) in [5.74, 6) is 2.65. The van der Waals surface area contributed by atoms with E-state index in [1.807, 2.05) is 0 Å². The van der Waals surface area contributed by atoms with Crippen LogP contribution >= 0.6 is 0 Å². The Bertz CT molecular complexity index is 85.3. The third kappa shape index (κ3) is 1.20. The van der Waals surface area contributed by atoms with Gasteiger partial charge in [-0.3, -0.25) is 0 Å². The molecule has 2 fully saturated rings. The van der Waals surface area contributed by atoms with Crippen molar-refractivity contribution in [1.29, 1.82) is 0 Å². The summed E-state index contributed by atoms with van der Waals surface area (Å²) in [7, 11) is 0. The van der Waals surface area contributed by atoms with E-state index in [9.17, 15) is 0 Å². The third-order valence-corrected chi connectivity index (χ3v) is 2.75. The van der Waals surface area contributed by atoms with Gasteiger partial charge < -0.3 is 4.74 Å². The molecule has 1 aliphatic heterocycles. The second-order valence-electron chi connectivity index (χ2n) is 3.43. The predicted molar refractivity (Wildman–Crippen MR) is 40.6 cm³/mol. The average molecular weight is 139 g/mol. The Balaban J connectivity index is 1.85. The number of ether oxygens (including phenoxy) is 1. The van der Waals surface area contributed by atoms with Gasteiger partial charge in [0, 0.05) is 6.61 Å². The van der Waals surface area contributed by atoms with Gasteiger partial charge in [-0.2, -0.15) is 0 Å². The summed E-state index contributed by atoms with van der Waals surface area (Å²) in [6.07, 6.45) is 6.97. The maximum absolute atomic E-state index is 5.35. The molecule has 1 saturated carbocycles. The highest BCUT2D eigenvalue weighted by Crippen LogP contribution is 2.37. The summed E-state index contributed by atoms with van der Waals surface area (Å²) in [6.45, 7) is 2.03. The number of hydrogen-bond donors (Lipinski definition) is 0. The van der Waals surface area contributed by atoms with E-state index in [1.54, 1.807) is 5.92 Å². The lowest BCUT2D eigenvalue weighted by molar-refractivity contribution is 0.187. The Morgan fingerprint density at radius 3 is 2.60 bits per heavy atom. The molecule has 1 atom stereocenters. The molecule has 1 aliphatic carbocycles. The standard InChI is InChI=1S/C9H15O/c1-2-4-8(3-1)9-5-6-10-7-9/h9H,1-7H2. The van der Waals surface area contributed by atoms with Crippen LogP contribution in [0.5, 0.6) is 0 Å². The van der Waals surface area contributed by atoms with Crippen molar-refractivity contribution >= 4 is 0 Å². The van der Waals surface area contributed by atoms with E-state index in [0.717, 1.165) is 19.1 Å². The maximum Gasteiger partial charge on any atom is 0.0500 e. The summed E-state index contributed by atoms with van der Waals surface area (Å²) in [5.41, 5.74) is 0. The van der Waals surface area contributed by atoms with E-state index in [2.05, 4.69) is 0 Å². The summed E-state index contributed by atoms with van der Waals surface area (Å²) < 4.78 is 5.35. The van der Waals surface area contributed by atoms with E-state index < -0.39 is 0 Å². The Morgan fingerprint density at radius 1 is 1.20 bits per heavy atom. The summed E-state index contributed by atoms with van der Waals surface area (Å²) in [5, 5.41) is 0. The first-order valence-corrected chi connectivity index (χ1v) is 4.39. The fourth-order valence-electron chi connectivity index (χ4n) is 2.09. The van der Waals surface area contributed by atoms with Crippen LogP contribution in [0.15, 0.2) is 0 Å². The van der Waals surface area contributed by atoms with Crippen molar-refractivity contribution in [2.75, 3.05) is 13.2 Å². The van der Waals surface area contributed by atoms with Crippen LogP contribution in [0.3, 0.4) is 0 Å². The van der Waals surface area contributed by atoms with Crippen molar-refractivity contribution in [1.82, 2.24) is 0 Å². The smallest absolute Gasteiger partial charge is 0.0500 e. The van der Waals surface area contributed by atoms with Gasteiger partial charge in [-0.1, -0.05) is 12.8 Å². The second kappa shape index (κ2) is 2.91. The monoisotopic (exact) mass is 139 g/mol. The molecule has 0 amide bonds. The molecule has 0 aromatic carbocycles. The maximum atomic E-state index is 5.35. The average Bonchev–Trinajstić information content (AvgIpc) is 2.59. The van der Waals surface area contributed by atoms with Crippen LogP contribution in [0, 0.1) is 11.8 Å². The first kappa shape index (κ1) is 6.66. The Morgan fingerprint density at radius 2 is 2.00 bits per heavy atom. The third-order valence-electron chi connectivity index (χ3n) is 2.75. The van der Waals surface area contributed by atoms with Gasteiger partial charge in [0.1, 0.15) is 0 Å². The van der Waals surface area contributed by atoms with E-state index in [-0.39, 0.29) is 0 Å². The summed E-state index contributed by atoms with van der Waals surface area (Å²) in [6, 6.07) is 0. The molecule has 0 spiro atoms. The van der Waals surface area contributed by atoms with Crippen LogP contribution in [0.4, 0.5) is 0 Å². The molecule has 0 bridgehead atoms. The lowest BCUT2D eigenvalue weighted by Crippen LogP contribution is -2.08. The molecule has 57 valence electrons. The molecule has 1 heteroatoms. The minimum atomic E-state index is 0.850. The molecule has 2 aliphatic rings. The SMILES string of the molecule is C1CC[C](C2CCOC2)C1.